The van der Waals surface area contributed by atoms with Crippen LogP contribution in [0.15, 0.2) is 77.3 Å². The van der Waals surface area contributed by atoms with Gasteiger partial charge in [0.1, 0.15) is 0 Å². The molecule has 0 fully saturated rings. The number of halogens is 2. The van der Waals surface area contributed by atoms with Crippen LogP contribution in [0.4, 0.5) is 0 Å². The molecule has 0 aliphatic heterocycles. The Hall–Kier alpha value is -2.03. The molecule has 24 heavy (non-hydrogen) atoms. The summed E-state index contributed by atoms with van der Waals surface area (Å²) in [6.45, 7) is 0. The molecule has 0 aliphatic rings. The van der Waals surface area contributed by atoms with Crippen LogP contribution in [-0.2, 0) is 7.05 Å². The highest BCUT2D eigenvalue weighted by Gasteiger charge is 2.19. The molecule has 4 rings (SSSR count). The van der Waals surface area contributed by atoms with Crippen molar-refractivity contribution in [2.45, 2.75) is 0 Å². The van der Waals surface area contributed by atoms with Crippen LogP contribution in [0.1, 0.15) is 0 Å². The zero-order valence-electron chi connectivity index (χ0n) is 13.1. The summed E-state index contributed by atoms with van der Waals surface area (Å²) in [4.78, 5) is 0. The average Bonchev–Trinajstić information content (AvgIpc) is 2.89. The predicted molar refractivity (Wildman–Crippen MR) is 107 cm³/mol. The maximum atomic E-state index is 6.35. The van der Waals surface area contributed by atoms with Gasteiger partial charge < -0.3 is 4.57 Å². The Labute approximate surface area is 154 Å². The first-order chi connectivity index (χ1) is 11.7. The lowest BCUT2D eigenvalue weighted by Gasteiger charge is -2.08. The number of hydrogen-bond donors (Lipinski definition) is 0. The molecule has 1 aromatic heterocycles. The molecule has 0 saturated heterocycles. The standard InChI is InChI=1S/C21H15BrClN/c1-24-19-13-18(23)17(22)12-16(19)20(14-8-4-2-5-9-14)21(24)15-10-6-3-7-11-15/h2-13H,1H3. The zero-order chi connectivity index (χ0) is 16.7. The van der Waals surface area contributed by atoms with Gasteiger partial charge in [-0.3, -0.25) is 0 Å². The Morgan fingerprint density at radius 1 is 0.833 bits per heavy atom. The van der Waals surface area contributed by atoms with E-state index in [1.165, 1.54) is 27.8 Å². The summed E-state index contributed by atoms with van der Waals surface area (Å²) in [6.07, 6.45) is 0. The number of nitrogens with zero attached hydrogens (tertiary/aromatic N) is 1. The van der Waals surface area contributed by atoms with E-state index in [2.05, 4.69) is 82.1 Å². The highest BCUT2D eigenvalue weighted by atomic mass is 79.9. The summed E-state index contributed by atoms with van der Waals surface area (Å²) < 4.78 is 3.14. The van der Waals surface area contributed by atoms with Crippen molar-refractivity contribution in [1.29, 1.82) is 0 Å². The third-order valence-electron chi connectivity index (χ3n) is 4.35. The molecular formula is C21H15BrClN. The van der Waals surface area contributed by atoms with Crippen molar-refractivity contribution in [3.05, 3.63) is 82.3 Å². The Kier molecular flexibility index (Phi) is 3.95. The van der Waals surface area contributed by atoms with E-state index >= 15 is 0 Å². The molecule has 0 amide bonds. The van der Waals surface area contributed by atoms with Gasteiger partial charge in [0.2, 0.25) is 0 Å². The molecule has 0 unspecified atom stereocenters. The van der Waals surface area contributed by atoms with Crippen molar-refractivity contribution >= 4 is 38.4 Å². The number of benzene rings is 3. The highest BCUT2D eigenvalue weighted by molar-refractivity contribution is 9.10. The van der Waals surface area contributed by atoms with Gasteiger partial charge in [0.15, 0.2) is 0 Å². The van der Waals surface area contributed by atoms with Gasteiger partial charge in [-0.25, -0.2) is 0 Å². The summed E-state index contributed by atoms with van der Waals surface area (Å²) in [6, 6.07) is 25.1. The Morgan fingerprint density at radius 2 is 1.42 bits per heavy atom. The second-order valence-corrected chi connectivity index (χ2v) is 7.06. The van der Waals surface area contributed by atoms with E-state index in [9.17, 15) is 0 Å². The van der Waals surface area contributed by atoms with E-state index in [-0.39, 0.29) is 0 Å². The van der Waals surface area contributed by atoms with Gasteiger partial charge >= 0.3 is 0 Å². The molecule has 0 saturated carbocycles. The molecule has 0 bridgehead atoms. The van der Waals surface area contributed by atoms with Crippen LogP contribution in [-0.4, -0.2) is 4.57 Å². The summed E-state index contributed by atoms with van der Waals surface area (Å²) >= 11 is 9.92. The van der Waals surface area contributed by atoms with Crippen LogP contribution in [0.25, 0.3) is 33.3 Å². The van der Waals surface area contributed by atoms with Crippen LogP contribution in [0.5, 0.6) is 0 Å². The first kappa shape index (κ1) is 15.5. The molecule has 0 spiro atoms. The Balaban J connectivity index is 2.16. The Bertz CT molecular complexity index is 1020. The van der Waals surface area contributed by atoms with Crippen molar-refractivity contribution in [1.82, 2.24) is 4.57 Å². The van der Waals surface area contributed by atoms with Gasteiger partial charge in [0, 0.05) is 22.5 Å². The number of fused-ring (bicyclic) bond motifs is 1. The smallest absolute Gasteiger partial charge is 0.0569 e. The number of aromatic nitrogens is 1. The monoisotopic (exact) mass is 395 g/mol. The fourth-order valence-electron chi connectivity index (χ4n) is 3.26. The molecule has 3 aromatic carbocycles. The van der Waals surface area contributed by atoms with E-state index < -0.39 is 0 Å². The summed E-state index contributed by atoms with van der Waals surface area (Å²) in [5, 5.41) is 1.92. The lowest BCUT2D eigenvalue weighted by molar-refractivity contribution is 0.979. The topological polar surface area (TPSA) is 4.93 Å². The lowest BCUT2D eigenvalue weighted by atomic mass is 9.98. The minimum atomic E-state index is 0.724. The van der Waals surface area contributed by atoms with Crippen molar-refractivity contribution in [3.63, 3.8) is 0 Å². The largest absolute Gasteiger partial charge is 0.343 e. The zero-order valence-corrected chi connectivity index (χ0v) is 15.5. The van der Waals surface area contributed by atoms with E-state index in [1.807, 2.05) is 18.2 Å². The second kappa shape index (κ2) is 6.12. The number of rotatable bonds is 2. The van der Waals surface area contributed by atoms with Crippen molar-refractivity contribution in [3.8, 4) is 22.4 Å². The van der Waals surface area contributed by atoms with Crippen LogP contribution in [0.2, 0.25) is 5.02 Å². The van der Waals surface area contributed by atoms with E-state index in [4.69, 9.17) is 11.6 Å². The molecule has 0 aliphatic carbocycles. The number of hydrogen-bond acceptors (Lipinski definition) is 0. The molecule has 0 N–H and O–H groups in total. The van der Waals surface area contributed by atoms with Crippen LogP contribution < -0.4 is 0 Å². The maximum Gasteiger partial charge on any atom is 0.0569 e. The normalized spacial score (nSPS) is 11.1. The van der Waals surface area contributed by atoms with Gasteiger partial charge in [-0.2, -0.15) is 0 Å². The number of aryl methyl sites for hydroxylation is 1. The lowest BCUT2D eigenvalue weighted by Crippen LogP contribution is -1.92. The maximum absolute atomic E-state index is 6.35. The van der Waals surface area contributed by atoms with Gasteiger partial charge in [-0.15, -0.1) is 0 Å². The second-order valence-electron chi connectivity index (χ2n) is 5.80. The SMILES string of the molecule is Cn1c(-c2ccccc2)c(-c2ccccc2)c2cc(Br)c(Cl)cc21. The third kappa shape index (κ3) is 2.47. The first-order valence-corrected chi connectivity index (χ1v) is 8.92. The average molecular weight is 397 g/mol. The highest BCUT2D eigenvalue weighted by Crippen LogP contribution is 2.42. The molecular weight excluding hydrogens is 382 g/mol. The van der Waals surface area contributed by atoms with Crippen molar-refractivity contribution in [2.75, 3.05) is 0 Å². The van der Waals surface area contributed by atoms with E-state index in [0.29, 0.717) is 0 Å². The summed E-state index contributed by atoms with van der Waals surface area (Å²) in [5.41, 5.74) is 5.96. The van der Waals surface area contributed by atoms with Gasteiger partial charge in [-0.05, 0) is 39.2 Å². The van der Waals surface area contributed by atoms with Crippen LogP contribution >= 0.6 is 27.5 Å². The minimum Gasteiger partial charge on any atom is -0.343 e. The molecule has 4 aromatic rings. The third-order valence-corrected chi connectivity index (χ3v) is 5.55. The molecule has 3 heteroatoms. The fourth-order valence-corrected chi connectivity index (χ4v) is 3.76. The predicted octanol–water partition coefficient (Wildman–Crippen LogP) is 6.93. The van der Waals surface area contributed by atoms with Crippen LogP contribution in [0, 0.1) is 0 Å². The molecule has 1 nitrogen and oxygen atoms in total. The molecule has 0 radical (unpaired) electrons. The molecule has 1 heterocycles. The molecule has 0 atom stereocenters. The van der Waals surface area contributed by atoms with Gasteiger partial charge in [-0.1, -0.05) is 72.3 Å². The minimum absolute atomic E-state index is 0.724. The van der Waals surface area contributed by atoms with Gasteiger partial charge in [0.05, 0.1) is 16.2 Å². The van der Waals surface area contributed by atoms with Crippen molar-refractivity contribution < 1.29 is 0 Å². The fraction of sp³-hybridized carbons (Fsp3) is 0.0476. The quantitative estimate of drug-likeness (QED) is 0.346. The Morgan fingerprint density at radius 3 is 2.04 bits per heavy atom. The first-order valence-electron chi connectivity index (χ1n) is 7.75. The van der Waals surface area contributed by atoms with Crippen molar-refractivity contribution in [2.24, 2.45) is 7.05 Å². The molecule has 118 valence electrons. The summed E-state index contributed by atoms with van der Waals surface area (Å²) in [5.74, 6) is 0. The van der Waals surface area contributed by atoms with Gasteiger partial charge in [0.25, 0.3) is 0 Å². The van der Waals surface area contributed by atoms with Crippen LogP contribution in [0.3, 0.4) is 0 Å². The van der Waals surface area contributed by atoms with E-state index in [0.717, 1.165) is 15.0 Å². The van der Waals surface area contributed by atoms with E-state index in [1.54, 1.807) is 0 Å². The summed E-state index contributed by atoms with van der Waals surface area (Å²) in [7, 11) is 2.10.